The Morgan fingerprint density at radius 2 is 2.12 bits per heavy atom. The molecule has 1 amide bonds. The predicted molar refractivity (Wildman–Crippen MR) is 67.3 cm³/mol. The molecule has 0 saturated carbocycles. The van der Waals surface area contributed by atoms with Crippen LogP contribution < -0.4 is 5.73 Å². The van der Waals surface area contributed by atoms with Gasteiger partial charge in [0.2, 0.25) is 5.91 Å². The van der Waals surface area contributed by atoms with Crippen molar-refractivity contribution in [1.29, 1.82) is 0 Å². The quantitative estimate of drug-likeness (QED) is 0.834. The number of likely N-dealkylation sites (N-methyl/N-ethyl adjacent to an activating group) is 1. The average molecular weight is 238 g/mol. The lowest BCUT2D eigenvalue weighted by Crippen LogP contribution is -2.41. The number of nitrogens with two attached hydrogens (primary N) is 1. The van der Waals surface area contributed by atoms with E-state index < -0.39 is 6.04 Å². The van der Waals surface area contributed by atoms with Gasteiger partial charge in [-0.15, -0.1) is 0 Å². The lowest BCUT2D eigenvalue weighted by Gasteiger charge is -2.28. The lowest BCUT2D eigenvalue weighted by atomic mass is 10.1. The first kappa shape index (κ1) is 13.7. The number of carbonyl (C=O) groups is 1. The molecule has 0 bridgehead atoms. The van der Waals surface area contributed by atoms with E-state index in [4.69, 9.17) is 5.73 Å². The van der Waals surface area contributed by atoms with Crippen molar-refractivity contribution in [3.05, 3.63) is 18.0 Å². The van der Waals surface area contributed by atoms with Crippen LogP contribution in [0.1, 0.15) is 38.3 Å². The van der Waals surface area contributed by atoms with Crippen molar-refractivity contribution < 1.29 is 4.79 Å². The first-order chi connectivity index (χ1) is 8.01. The summed E-state index contributed by atoms with van der Waals surface area (Å²) < 4.78 is 1.65. The molecule has 0 aromatic carbocycles. The van der Waals surface area contributed by atoms with Gasteiger partial charge in [0.15, 0.2) is 0 Å². The number of aryl methyl sites for hydroxylation is 1. The summed E-state index contributed by atoms with van der Waals surface area (Å²) in [7, 11) is 3.63. The summed E-state index contributed by atoms with van der Waals surface area (Å²) in [4.78, 5) is 13.9. The van der Waals surface area contributed by atoms with E-state index in [1.165, 1.54) is 0 Å². The van der Waals surface area contributed by atoms with E-state index in [-0.39, 0.29) is 11.9 Å². The third-order valence-corrected chi connectivity index (χ3v) is 3.19. The van der Waals surface area contributed by atoms with Crippen molar-refractivity contribution in [3.63, 3.8) is 0 Å². The van der Waals surface area contributed by atoms with Crippen LogP contribution in [0, 0.1) is 0 Å². The summed E-state index contributed by atoms with van der Waals surface area (Å²) in [5, 5.41) is 4.03. The van der Waals surface area contributed by atoms with E-state index >= 15 is 0 Å². The Bertz CT molecular complexity index is 370. The molecule has 17 heavy (non-hydrogen) atoms. The predicted octanol–water partition coefficient (Wildman–Crippen LogP) is 1.07. The topological polar surface area (TPSA) is 64.2 Å². The second kappa shape index (κ2) is 5.82. The zero-order chi connectivity index (χ0) is 13.0. The molecule has 1 aromatic rings. The maximum Gasteiger partial charge on any atom is 0.244 e. The molecule has 1 heterocycles. The monoisotopic (exact) mass is 238 g/mol. The van der Waals surface area contributed by atoms with Crippen LogP contribution in [0.2, 0.25) is 0 Å². The van der Waals surface area contributed by atoms with Gasteiger partial charge in [-0.25, -0.2) is 0 Å². The lowest BCUT2D eigenvalue weighted by molar-refractivity contribution is -0.133. The zero-order valence-corrected chi connectivity index (χ0v) is 11.1. The Hall–Kier alpha value is -1.36. The summed E-state index contributed by atoms with van der Waals surface area (Å²) in [5.74, 6) is -0.0494. The summed E-state index contributed by atoms with van der Waals surface area (Å²) in [5.41, 5.74) is 6.71. The fourth-order valence-electron chi connectivity index (χ4n) is 1.98. The van der Waals surface area contributed by atoms with Crippen molar-refractivity contribution in [1.82, 2.24) is 14.7 Å². The number of hydrogen-bond acceptors (Lipinski definition) is 3. The zero-order valence-electron chi connectivity index (χ0n) is 11.1. The summed E-state index contributed by atoms with van der Waals surface area (Å²) >= 11 is 0. The van der Waals surface area contributed by atoms with E-state index in [0.29, 0.717) is 0 Å². The van der Waals surface area contributed by atoms with Crippen molar-refractivity contribution in [2.75, 3.05) is 7.05 Å². The van der Waals surface area contributed by atoms with Gasteiger partial charge in [-0.1, -0.05) is 13.8 Å². The Kier molecular flexibility index (Phi) is 4.69. The number of hydrogen-bond donors (Lipinski definition) is 1. The van der Waals surface area contributed by atoms with Gasteiger partial charge in [0.25, 0.3) is 0 Å². The van der Waals surface area contributed by atoms with Gasteiger partial charge in [-0.2, -0.15) is 5.10 Å². The molecule has 0 fully saturated rings. The highest BCUT2D eigenvalue weighted by molar-refractivity contribution is 5.82. The molecule has 1 unspecified atom stereocenters. The minimum atomic E-state index is -0.616. The normalized spacial score (nSPS) is 12.8. The summed E-state index contributed by atoms with van der Waals surface area (Å²) in [6, 6.07) is -0.362. The van der Waals surface area contributed by atoms with Gasteiger partial charge in [0.1, 0.15) is 6.04 Å². The van der Waals surface area contributed by atoms with E-state index in [2.05, 4.69) is 18.9 Å². The highest BCUT2D eigenvalue weighted by Gasteiger charge is 2.24. The van der Waals surface area contributed by atoms with Crippen molar-refractivity contribution in [2.45, 2.75) is 38.8 Å². The van der Waals surface area contributed by atoms with Crippen LogP contribution in [0.3, 0.4) is 0 Å². The molecule has 1 rings (SSSR count). The first-order valence-electron chi connectivity index (χ1n) is 6.02. The molecule has 0 aliphatic rings. The highest BCUT2D eigenvalue weighted by Crippen LogP contribution is 2.15. The molecule has 0 saturated heterocycles. The Morgan fingerprint density at radius 3 is 2.53 bits per heavy atom. The van der Waals surface area contributed by atoms with Crippen molar-refractivity contribution in [3.8, 4) is 0 Å². The van der Waals surface area contributed by atoms with Gasteiger partial charge in [0.05, 0.1) is 6.20 Å². The standard InChI is InChI=1S/C12H22N4O/c1-5-10(6-2)16(4)12(17)11(13)9-7-14-15(3)8-9/h7-8,10-11H,5-6,13H2,1-4H3. The van der Waals surface area contributed by atoms with Gasteiger partial charge >= 0.3 is 0 Å². The molecule has 0 spiro atoms. The number of rotatable bonds is 5. The van der Waals surface area contributed by atoms with Crippen LogP contribution in [-0.4, -0.2) is 33.7 Å². The van der Waals surface area contributed by atoms with Crippen LogP contribution >= 0.6 is 0 Å². The molecular weight excluding hydrogens is 216 g/mol. The Balaban J connectivity index is 2.75. The number of nitrogens with zero attached hydrogens (tertiary/aromatic N) is 3. The third-order valence-electron chi connectivity index (χ3n) is 3.19. The maximum atomic E-state index is 12.2. The molecule has 5 nitrogen and oxygen atoms in total. The maximum absolute atomic E-state index is 12.2. The van der Waals surface area contributed by atoms with E-state index in [9.17, 15) is 4.79 Å². The second-order valence-corrected chi connectivity index (χ2v) is 4.34. The van der Waals surface area contributed by atoms with Crippen LogP contribution in [0.15, 0.2) is 12.4 Å². The molecule has 1 aromatic heterocycles. The third kappa shape index (κ3) is 3.06. The molecule has 0 radical (unpaired) electrons. The van der Waals surface area contributed by atoms with Crippen molar-refractivity contribution >= 4 is 5.91 Å². The summed E-state index contributed by atoms with van der Waals surface area (Å²) in [6.45, 7) is 4.15. The molecule has 0 aliphatic heterocycles. The van der Waals surface area contributed by atoms with Crippen LogP contribution in [0.25, 0.3) is 0 Å². The van der Waals surface area contributed by atoms with Crippen LogP contribution in [0.4, 0.5) is 0 Å². The minimum Gasteiger partial charge on any atom is -0.341 e. The SMILES string of the molecule is CCC(CC)N(C)C(=O)C(N)c1cnn(C)c1. The van der Waals surface area contributed by atoms with E-state index in [1.807, 2.05) is 14.1 Å². The van der Waals surface area contributed by atoms with Crippen molar-refractivity contribution in [2.24, 2.45) is 12.8 Å². The van der Waals surface area contributed by atoms with Gasteiger partial charge in [-0.3, -0.25) is 9.48 Å². The molecule has 0 aliphatic carbocycles. The number of carbonyl (C=O) groups excluding carboxylic acids is 1. The smallest absolute Gasteiger partial charge is 0.244 e. The van der Waals surface area contributed by atoms with Gasteiger partial charge < -0.3 is 10.6 Å². The molecule has 96 valence electrons. The summed E-state index contributed by atoms with van der Waals surface area (Å²) in [6.07, 6.45) is 5.31. The highest BCUT2D eigenvalue weighted by atomic mass is 16.2. The molecule has 5 heteroatoms. The molecular formula is C12H22N4O. The number of amides is 1. The fourth-order valence-corrected chi connectivity index (χ4v) is 1.98. The van der Waals surface area contributed by atoms with Crippen LogP contribution in [0.5, 0.6) is 0 Å². The molecule has 2 N–H and O–H groups in total. The largest absolute Gasteiger partial charge is 0.341 e. The number of aromatic nitrogens is 2. The minimum absolute atomic E-state index is 0.0494. The molecule has 1 atom stereocenters. The van der Waals surface area contributed by atoms with Gasteiger partial charge in [0, 0.05) is 31.9 Å². The Morgan fingerprint density at radius 1 is 1.53 bits per heavy atom. The second-order valence-electron chi connectivity index (χ2n) is 4.34. The Labute approximate surface area is 103 Å². The average Bonchev–Trinajstić information content (AvgIpc) is 2.75. The van der Waals surface area contributed by atoms with E-state index in [0.717, 1.165) is 18.4 Å². The first-order valence-corrected chi connectivity index (χ1v) is 6.02. The van der Waals surface area contributed by atoms with Gasteiger partial charge in [-0.05, 0) is 12.8 Å². The fraction of sp³-hybridized carbons (Fsp3) is 0.667. The van der Waals surface area contributed by atoms with Crippen LogP contribution in [-0.2, 0) is 11.8 Å². The van der Waals surface area contributed by atoms with E-state index in [1.54, 1.807) is 22.0 Å².